The maximum Gasteiger partial charge on any atom is 0.327 e. The zero-order valence-corrected chi connectivity index (χ0v) is 8.28. The molecule has 5 nitrogen and oxygen atoms in total. The van der Waals surface area contributed by atoms with Crippen molar-refractivity contribution >= 4 is 12.0 Å². The predicted molar refractivity (Wildman–Crippen MR) is 51.7 cm³/mol. The van der Waals surface area contributed by atoms with Crippen molar-refractivity contribution < 1.29 is 14.7 Å². The van der Waals surface area contributed by atoms with Crippen molar-refractivity contribution in [3.05, 3.63) is 0 Å². The summed E-state index contributed by atoms with van der Waals surface area (Å²) in [7, 11) is 1.57. The first-order chi connectivity index (χ1) is 6.52. The topological polar surface area (TPSA) is 69.6 Å². The molecular weight excluding hydrogens is 184 g/mol. The van der Waals surface area contributed by atoms with Crippen molar-refractivity contribution in [3.8, 4) is 12.3 Å². The fourth-order valence-electron chi connectivity index (χ4n) is 0.721. The largest absolute Gasteiger partial charge is 0.480 e. The van der Waals surface area contributed by atoms with E-state index < -0.39 is 18.0 Å². The second kappa shape index (κ2) is 5.86. The minimum Gasteiger partial charge on any atom is -0.480 e. The van der Waals surface area contributed by atoms with Gasteiger partial charge in [0.15, 0.2) is 0 Å². The molecule has 0 saturated heterocycles. The number of hydrogen-bond donors (Lipinski definition) is 2. The molecule has 0 aliphatic heterocycles. The van der Waals surface area contributed by atoms with Crippen LogP contribution >= 0.6 is 0 Å². The molecule has 0 aromatic rings. The van der Waals surface area contributed by atoms with E-state index in [0.29, 0.717) is 6.54 Å². The highest BCUT2D eigenvalue weighted by atomic mass is 16.4. The Morgan fingerprint density at radius 3 is 2.57 bits per heavy atom. The van der Waals surface area contributed by atoms with Gasteiger partial charge >= 0.3 is 12.0 Å². The number of urea groups is 1. The lowest BCUT2D eigenvalue weighted by molar-refractivity contribution is -0.139. The SMILES string of the molecule is C#CCC(NC(=O)N(C)CC)C(=O)O. The highest BCUT2D eigenvalue weighted by Crippen LogP contribution is 1.93. The summed E-state index contributed by atoms with van der Waals surface area (Å²) in [6.45, 7) is 2.30. The molecule has 0 bridgehead atoms. The van der Waals surface area contributed by atoms with Gasteiger partial charge < -0.3 is 15.3 Å². The third-order valence-corrected chi connectivity index (χ3v) is 1.74. The molecule has 0 fully saturated rings. The Morgan fingerprint density at radius 1 is 1.64 bits per heavy atom. The summed E-state index contributed by atoms with van der Waals surface area (Å²) in [6, 6.07) is -1.45. The minimum atomic E-state index is -1.12. The van der Waals surface area contributed by atoms with E-state index >= 15 is 0 Å². The Hall–Kier alpha value is -1.70. The minimum absolute atomic E-state index is 0.0153. The van der Waals surface area contributed by atoms with Crippen LogP contribution in [0.25, 0.3) is 0 Å². The van der Waals surface area contributed by atoms with Crippen LogP contribution < -0.4 is 5.32 Å². The molecule has 0 saturated carbocycles. The van der Waals surface area contributed by atoms with E-state index in [2.05, 4.69) is 11.2 Å². The molecular formula is C9H14N2O3. The first-order valence-corrected chi connectivity index (χ1v) is 4.20. The zero-order chi connectivity index (χ0) is 11.1. The number of carboxylic acids is 1. The van der Waals surface area contributed by atoms with Crippen molar-refractivity contribution in [1.82, 2.24) is 10.2 Å². The molecule has 2 N–H and O–H groups in total. The number of hydrogen-bond acceptors (Lipinski definition) is 2. The van der Waals surface area contributed by atoms with Crippen LogP contribution in [0.2, 0.25) is 0 Å². The molecule has 5 heteroatoms. The molecule has 0 rings (SSSR count). The van der Waals surface area contributed by atoms with Crippen LogP contribution in [0.5, 0.6) is 0 Å². The molecule has 0 spiro atoms. The number of terminal acetylenes is 1. The molecule has 0 aliphatic rings. The summed E-state index contributed by atoms with van der Waals surface area (Å²) in [4.78, 5) is 23.2. The van der Waals surface area contributed by atoms with Crippen LogP contribution in [0.1, 0.15) is 13.3 Å². The van der Waals surface area contributed by atoms with Crippen molar-refractivity contribution in [3.63, 3.8) is 0 Å². The molecule has 0 aromatic heterocycles. The summed E-state index contributed by atoms with van der Waals surface area (Å²) >= 11 is 0. The van der Waals surface area contributed by atoms with Gasteiger partial charge in [0, 0.05) is 20.0 Å². The summed E-state index contributed by atoms with van der Waals surface area (Å²) < 4.78 is 0. The molecule has 0 heterocycles. The van der Waals surface area contributed by atoms with Crippen LogP contribution in [0.15, 0.2) is 0 Å². The molecule has 14 heavy (non-hydrogen) atoms. The van der Waals surface area contributed by atoms with Gasteiger partial charge in [0.05, 0.1) is 0 Å². The van der Waals surface area contributed by atoms with E-state index in [1.807, 2.05) is 0 Å². The number of nitrogens with one attached hydrogen (secondary N) is 1. The number of aliphatic carboxylic acids is 1. The summed E-state index contributed by atoms with van der Waals surface area (Å²) in [5.74, 6) is 1.07. The lowest BCUT2D eigenvalue weighted by Gasteiger charge is -2.18. The highest BCUT2D eigenvalue weighted by Gasteiger charge is 2.19. The average Bonchev–Trinajstić information content (AvgIpc) is 2.15. The number of carbonyl (C=O) groups is 2. The Morgan fingerprint density at radius 2 is 2.21 bits per heavy atom. The van der Waals surface area contributed by atoms with Crippen LogP contribution in [-0.4, -0.2) is 41.6 Å². The van der Waals surface area contributed by atoms with Gasteiger partial charge in [0.1, 0.15) is 6.04 Å². The molecule has 0 aliphatic carbocycles. The van der Waals surface area contributed by atoms with Gasteiger partial charge in [0.25, 0.3) is 0 Å². The monoisotopic (exact) mass is 198 g/mol. The third kappa shape index (κ3) is 3.81. The summed E-state index contributed by atoms with van der Waals surface area (Å²) in [5.41, 5.74) is 0. The summed E-state index contributed by atoms with van der Waals surface area (Å²) in [6.07, 6.45) is 4.96. The van der Waals surface area contributed by atoms with Gasteiger partial charge in [-0.05, 0) is 6.92 Å². The van der Waals surface area contributed by atoms with Gasteiger partial charge in [-0.25, -0.2) is 9.59 Å². The Labute approximate surface area is 83.1 Å². The predicted octanol–water partition coefficient (Wildman–Crippen LogP) is 0.124. The highest BCUT2D eigenvalue weighted by molar-refractivity contribution is 5.82. The fraction of sp³-hybridized carbons (Fsp3) is 0.556. The second-order valence-corrected chi connectivity index (χ2v) is 2.76. The zero-order valence-electron chi connectivity index (χ0n) is 8.28. The lowest BCUT2D eigenvalue weighted by atomic mass is 10.2. The number of rotatable bonds is 4. The molecule has 0 radical (unpaired) electrons. The van der Waals surface area contributed by atoms with Gasteiger partial charge in [-0.2, -0.15) is 0 Å². The quantitative estimate of drug-likeness (QED) is 0.630. The van der Waals surface area contributed by atoms with E-state index in [9.17, 15) is 9.59 Å². The van der Waals surface area contributed by atoms with Gasteiger partial charge in [0.2, 0.25) is 0 Å². The lowest BCUT2D eigenvalue weighted by Crippen LogP contribution is -2.46. The van der Waals surface area contributed by atoms with E-state index in [1.54, 1.807) is 14.0 Å². The van der Waals surface area contributed by atoms with Crippen molar-refractivity contribution in [1.29, 1.82) is 0 Å². The van der Waals surface area contributed by atoms with Crippen LogP contribution in [0.4, 0.5) is 4.79 Å². The third-order valence-electron chi connectivity index (χ3n) is 1.74. The van der Waals surface area contributed by atoms with E-state index in [0.717, 1.165) is 0 Å². The number of amides is 2. The average molecular weight is 198 g/mol. The Kier molecular flexibility index (Phi) is 5.15. The molecule has 78 valence electrons. The van der Waals surface area contributed by atoms with Crippen LogP contribution in [0, 0.1) is 12.3 Å². The van der Waals surface area contributed by atoms with Crippen LogP contribution in [-0.2, 0) is 4.79 Å². The molecule has 2 amide bonds. The maximum atomic E-state index is 11.2. The number of carboxylic acid groups (broad SMARTS) is 1. The van der Waals surface area contributed by atoms with Crippen LogP contribution in [0.3, 0.4) is 0 Å². The normalized spacial score (nSPS) is 11.2. The van der Waals surface area contributed by atoms with Crippen molar-refractivity contribution in [2.45, 2.75) is 19.4 Å². The standard InChI is InChI=1S/C9H14N2O3/c1-4-6-7(8(12)13)10-9(14)11(3)5-2/h1,7H,5-6H2,2-3H3,(H,10,14)(H,12,13). The van der Waals surface area contributed by atoms with E-state index in [1.165, 1.54) is 4.90 Å². The van der Waals surface area contributed by atoms with Crippen molar-refractivity contribution in [2.24, 2.45) is 0 Å². The molecule has 0 aromatic carbocycles. The van der Waals surface area contributed by atoms with Gasteiger partial charge in [-0.3, -0.25) is 0 Å². The molecule has 1 unspecified atom stereocenters. The second-order valence-electron chi connectivity index (χ2n) is 2.76. The molecule has 1 atom stereocenters. The van der Waals surface area contributed by atoms with Crippen molar-refractivity contribution in [2.75, 3.05) is 13.6 Å². The van der Waals surface area contributed by atoms with Gasteiger partial charge in [-0.15, -0.1) is 12.3 Å². The first-order valence-electron chi connectivity index (χ1n) is 4.20. The van der Waals surface area contributed by atoms with Gasteiger partial charge in [-0.1, -0.05) is 0 Å². The first kappa shape index (κ1) is 12.3. The van der Waals surface area contributed by atoms with E-state index in [-0.39, 0.29) is 6.42 Å². The number of carbonyl (C=O) groups excluding carboxylic acids is 1. The summed E-state index contributed by atoms with van der Waals surface area (Å²) in [5, 5.41) is 11.0. The Bertz CT molecular complexity index is 257. The maximum absolute atomic E-state index is 11.2. The number of nitrogens with zero attached hydrogens (tertiary/aromatic N) is 1. The Balaban J connectivity index is 4.24. The smallest absolute Gasteiger partial charge is 0.327 e. The fourth-order valence-corrected chi connectivity index (χ4v) is 0.721. The van der Waals surface area contributed by atoms with E-state index in [4.69, 9.17) is 11.5 Å².